The fraction of sp³-hybridized carbons (Fsp3) is 0.333. The van der Waals surface area contributed by atoms with Gasteiger partial charge >= 0.3 is 6.18 Å². The highest BCUT2D eigenvalue weighted by Gasteiger charge is 2.32. The van der Waals surface area contributed by atoms with Crippen LogP contribution in [0.15, 0.2) is 65.7 Å². The molecule has 12 heteroatoms. The van der Waals surface area contributed by atoms with Gasteiger partial charge in [-0.3, -0.25) is 19.4 Å². The molecule has 0 atom stereocenters. The first kappa shape index (κ1) is 30.5. The minimum absolute atomic E-state index is 0.0638. The molecule has 222 valence electrons. The summed E-state index contributed by atoms with van der Waals surface area (Å²) in [5, 5.41) is 8.24. The van der Waals surface area contributed by atoms with Gasteiger partial charge in [0, 0.05) is 67.6 Å². The number of aromatic nitrogens is 2. The molecule has 2 aromatic rings. The molecule has 1 aromatic carbocycles. The number of rotatable bonds is 7. The zero-order valence-electron chi connectivity index (χ0n) is 23.9. The molecular weight excluding hydrogens is 545 g/mol. The van der Waals surface area contributed by atoms with E-state index in [1.165, 1.54) is 5.01 Å². The predicted octanol–water partition coefficient (Wildman–Crippen LogP) is 3.73. The zero-order chi connectivity index (χ0) is 30.6. The molecular formula is C30H35F3N8O. The number of alkyl halides is 3. The van der Waals surface area contributed by atoms with E-state index in [9.17, 15) is 18.0 Å². The van der Waals surface area contributed by atoms with E-state index in [1.54, 1.807) is 41.4 Å². The number of hydrogen-bond donors (Lipinski definition) is 3. The maximum absolute atomic E-state index is 13.8. The van der Waals surface area contributed by atoms with Crippen LogP contribution in [0.4, 0.5) is 24.5 Å². The number of halogens is 3. The van der Waals surface area contributed by atoms with Crippen LogP contribution in [0.25, 0.3) is 5.70 Å². The first-order valence-electron chi connectivity index (χ1n) is 13.4. The standard InChI is InChI=1S/C30H35F3N8O/c1-5-10-39-11-13-40(14-12-39)25-16-23(30(31,32)33)15-24(17-25)37-29(42)22-7-6-20(2)28(9-8-22)41(35)19-27(34)26-18-36-38(4)21(26)3/h1,6-7,9,15-19H,8,10-14,34-35H2,2-4H3,(H,37,42)/b27-19-. The van der Waals surface area contributed by atoms with Crippen molar-refractivity contribution in [1.82, 2.24) is 19.7 Å². The van der Waals surface area contributed by atoms with Crippen molar-refractivity contribution in [2.75, 3.05) is 42.9 Å². The SMILES string of the molecule is C#CCN1CCN(c2cc(NC(=O)C3=CC=C(C)C(N(N)/C=C(\N)c4cnn(C)c4C)=CC3)cc(C(F)(F)F)c2)CC1. The van der Waals surface area contributed by atoms with E-state index in [2.05, 4.69) is 21.2 Å². The highest BCUT2D eigenvalue weighted by Crippen LogP contribution is 2.35. The lowest BCUT2D eigenvalue weighted by atomic mass is 10.1. The normalized spacial score (nSPS) is 16.7. The van der Waals surface area contributed by atoms with Crippen LogP contribution in [0, 0.1) is 19.3 Å². The number of terminal acetylenes is 1. The summed E-state index contributed by atoms with van der Waals surface area (Å²) in [5.41, 5.74) is 9.69. The van der Waals surface area contributed by atoms with E-state index in [1.807, 2.05) is 25.8 Å². The Morgan fingerprint density at radius 1 is 1.19 bits per heavy atom. The number of carbonyl (C=O) groups is 1. The number of allylic oxidation sites excluding steroid dienone is 4. The van der Waals surface area contributed by atoms with Gasteiger partial charge in [-0.2, -0.15) is 18.3 Å². The van der Waals surface area contributed by atoms with Crippen molar-refractivity contribution in [2.45, 2.75) is 26.4 Å². The van der Waals surface area contributed by atoms with Crippen molar-refractivity contribution in [2.24, 2.45) is 18.6 Å². The van der Waals surface area contributed by atoms with Crippen LogP contribution in [-0.2, 0) is 18.0 Å². The van der Waals surface area contributed by atoms with Gasteiger partial charge in [-0.1, -0.05) is 24.1 Å². The Labute approximate surface area is 243 Å². The molecule has 5 N–H and O–H groups in total. The van der Waals surface area contributed by atoms with Gasteiger partial charge < -0.3 is 16.0 Å². The van der Waals surface area contributed by atoms with Crippen LogP contribution in [-0.4, -0.2) is 58.3 Å². The molecule has 4 rings (SSSR count). The molecule has 42 heavy (non-hydrogen) atoms. The molecule has 1 fully saturated rings. The van der Waals surface area contributed by atoms with Crippen molar-refractivity contribution in [3.8, 4) is 12.3 Å². The van der Waals surface area contributed by atoms with Crippen LogP contribution < -0.4 is 21.8 Å². The van der Waals surface area contributed by atoms with E-state index in [-0.39, 0.29) is 12.1 Å². The van der Waals surface area contributed by atoms with Crippen LogP contribution in [0.5, 0.6) is 0 Å². The van der Waals surface area contributed by atoms with Crippen molar-refractivity contribution < 1.29 is 18.0 Å². The summed E-state index contributed by atoms with van der Waals surface area (Å²) in [6.07, 6.45) is 9.39. The highest BCUT2D eigenvalue weighted by molar-refractivity contribution is 6.04. The molecule has 2 heterocycles. The summed E-state index contributed by atoms with van der Waals surface area (Å²) < 4.78 is 43.1. The topological polar surface area (TPSA) is 109 Å². The Hall–Kier alpha value is -4.47. The average Bonchev–Trinajstić information content (AvgIpc) is 3.14. The number of nitrogens with one attached hydrogen (secondary N) is 1. The van der Waals surface area contributed by atoms with Gasteiger partial charge in [0.1, 0.15) is 0 Å². The van der Waals surface area contributed by atoms with Gasteiger partial charge in [0.15, 0.2) is 0 Å². The summed E-state index contributed by atoms with van der Waals surface area (Å²) in [6, 6.07) is 3.63. The third-order valence-corrected chi connectivity index (χ3v) is 7.40. The first-order valence-corrected chi connectivity index (χ1v) is 13.4. The Morgan fingerprint density at radius 2 is 1.90 bits per heavy atom. The van der Waals surface area contributed by atoms with E-state index in [4.69, 9.17) is 18.0 Å². The second-order valence-electron chi connectivity index (χ2n) is 10.3. The molecule has 0 spiro atoms. The minimum atomic E-state index is -4.58. The van der Waals surface area contributed by atoms with Gasteiger partial charge in [-0.25, -0.2) is 5.84 Å². The number of carbonyl (C=O) groups excluding carboxylic acids is 1. The van der Waals surface area contributed by atoms with Gasteiger partial charge in [0.05, 0.1) is 29.7 Å². The second kappa shape index (κ2) is 12.6. The molecule has 0 saturated carbocycles. The molecule has 1 saturated heterocycles. The van der Waals surface area contributed by atoms with Crippen LogP contribution in [0.2, 0.25) is 0 Å². The van der Waals surface area contributed by atoms with Gasteiger partial charge in [0.25, 0.3) is 5.91 Å². The van der Waals surface area contributed by atoms with E-state index < -0.39 is 17.6 Å². The van der Waals surface area contributed by atoms with Crippen molar-refractivity contribution in [3.05, 3.63) is 82.5 Å². The fourth-order valence-corrected chi connectivity index (χ4v) is 4.83. The van der Waals surface area contributed by atoms with Gasteiger partial charge in [-0.15, -0.1) is 6.42 Å². The minimum Gasteiger partial charge on any atom is -0.397 e. The van der Waals surface area contributed by atoms with Crippen molar-refractivity contribution in [1.29, 1.82) is 0 Å². The summed E-state index contributed by atoms with van der Waals surface area (Å²) in [7, 11) is 1.81. The van der Waals surface area contributed by atoms with Gasteiger partial charge in [-0.05, 0) is 44.0 Å². The second-order valence-corrected chi connectivity index (χ2v) is 10.3. The van der Waals surface area contributed by atoms with E-state index in [0.29, 0.717) is 55.4 Å². The molecule has 1 aromatic heterocycles. The number of nitrogens with two attached hydrogens (primary N) is 2. The molecule has 0 radical (unpaired) electrons. The number of hydrogen-bond acceptors (Lipinski definition) is 7. The zero-order valence-corrected chi connectivity index (χ0v) is 23.9. The summed E-state index contributed by atoms with van der Waals surface area (Å²) in [4.78, 5) is 17.2. The monoisotopic (exact) mass is 580 g/mol. The van der Waals surface area contributed by atoms with Gasteiger partial charge in [0.2, 0.25) is 0 Å². The molecule has 1 aliphatic heterocycles. The number of piperazine rings is 1. The average molecular weight is 581 g/mol. The number of nitrogens with zero attached hydrogens (tertiary/aromatic N) is 5. The first-order chi connectivity index (χ1) is 19.9. The van der Waals surface area contributed by atoms with E-state index in [0.717, 1.165) is 29.0 Å². The lowest BCUT2D eigenvalue weighted by Gasteiger charge is -2.35. The van der Waals surface area contributed by atoms with E-state index >= 15 is 0 Å². The fourth-order valence-electron chi connectivity index (χ4n) is 4.83. The largest absolute Gasteiger partial charge is 0.416 e. The van der Waals surface area contributed by atoms with Crippen LogP contribution in [0.1, 0.15) is 30.2 Å². The Morgan fingerprint density at radius 3 is 2.52 bits per heavy atom. The van der Waals surface area contributed by atoms with Crippen LogP contribution >= 0.6 is 0 Å². The highest BCUT2D eigenvalue weighted by atomic mass is 19.4. The number of benzene rings is 1. The Kier molecular flexibility index (Phi) is 9.14. The summed E-state index contributed by atoms with van der Waals surface area (Å²) >= 11 is 0. The molecule has 0 unspecified atom stereocenters. The van der Waals surface area contributed by atoms with Crippen molar-refractivity contribution in [3.63, 3.8) is 0 Å². The molecule has 2 aliphatic rings. The molecule has 0 bridgehead atoms. The summed E-state index contributed by atoms with van der Waals surface area (Å²) in [5.74, 6) is 8.40. The van der Waals surface area contributed by atoms with Crippen LogP contribution in [0.3, 0.4) is 0 Å². The Balaban J connectivity index is 1.51. The number of amides is 1. The lowest BCUT2D eigenvalue weighted by Crippen LogP contribution is -2.46. The molecule has 9 nitrogen and oxygen atoms in total. The quantitative estimate of drug-likeness (QED) is 0.260. The number of hydrazine groups is 1. The third-order valence-electron chi connectivity index (χ3n) is 7.40. The maximum Gasteiger partial charge on any atom is 0.416 e. The lowest BCUT2D eigenvalue weighted by molar-refractivity contribution is -0.137. The number of aryl methyl sites for hydroxylation is 1. The summed E-state index contributed by atoms with van der Waals surface area (Å²) in [6.45, 7) is 6.54. The molecule has 1 amide bonds. The Bertz CT molecular complexity index is 1500. The molecule has 1 aliphatic carbocycles. The third kappa shape index (κ3) is 7.05. The smallest absolute Gasteiger partial charge is 0.397 e. The predicted molar refractivity (Wildman–Crippen MR) is 158 cm³/mol. The maximum atomic E-state index is 13.8. The van der Waals surface area contributed by atoms with Crippen molar-refractivity contribution >= 4 is 23.0 Å². The number of anilines is 2.